The second kappa shape index (κ2) is 9.61. The minimum Gasteiger partial charge on any atom is -0.493 e. The van der Waals surface area contributed by atoms with Crippen molar-refractivity contribution >= 4 is 0 Å². The van der Waals surface area contributed by atoms with Gasteiger partial charge in [0.05, 0.1) is 6.61 Å². The van der Waals surface area contributed by atoms with E-state index in [-0.39, 0.29) is 6.79 Å². The maximum atomic E-state index is 5.63. The van der Waals surface area contributed by atoms with Crippen LogP contribution in [0.1, 0.15) is 32.8 Å². The van der Waals surface area contributed by atoms with Crippen LogP contribution in [0.3, 0.4) is 0 Å². The third-order valence-electron chi connectivity index (χ3n) is 2.71. The van der Waals surface area contributed by atoms with Crippen molar-refractivity contribution in [2.24, 2.45) is 5.92 Å². The molecule has 0 aromatic heterocycles. The summed E-state index contributed by atoms with van der Waals surface area (Å²) in [5.74, 6) is 2.28. The molecule has 0 radical (unpaired) electrons. The van der Waals surface area contributed by atoms with Crippen LogP contribution in [0, 0.1) is 5.92 Å². The van der Waals surface area contributed by atoms with Crippen LogP contribution in [0.2, 0.25) is 0 Å². The fourth-order valence-corrected chi connectivity index (χ4v) is 1.74. The Morgan fingerprint density at radius 2 is 2.00 bits per heavy atom. The molecule has 0 spiro atoms. The highest BCUT2D eigenvalue weighted by Gasteiger charge is 2.07. The maximum Gasteiger partial charge on any atom is 0.188 e. The first-order valence-electron chi connectivity index (χ1n) is 7.25. The van der Waals surface area contributed by atoms with Crippen LogP contribution in [0.25, 0.3) is 0 Å². The first-order valence-corrected chi connectivity index (χ1v) is 7.25. The van der Waals surface area contributed by atoms with Gasteiger partial charge in [0.25, 0.3) is 0 Å². The molecule has 1 rings (SSSR count). The van der Waals surface area contributed by atoms with E-state index in [4.69, 9.17) is 14.2 Å². The summed E-state index contributed by atoms with van der Waals surface area (Å²) >= 11 is 0. The smallest absolute Gasteiger partial charge is 0.188 e. The average Bonchev–Trinajstić information content (AvgIpc) is 2.44. The van der Waals surface area contributed by atoms with Crippen LogP contribution in [0.4, 0.5) is 0 Å². The van der Waals surface area contributed by atoms with Gasteiger partial charge in [-0.2, -0.15) is 0 Å². The van der Waals surface area contributed by atoms with Gasteiger partial charge in [0, 0.05) is 25.3 Å². The summed E-state index contributed by atoms with van der Waals surface area (Å²) in [6, 6.07) is 5.96. The summed E-state index contributed by atoms with van der Waals surface area (Å²) in [7, 11) is 1.62. The van der Waals surface area contributed by atoms with Gasteiger partial charge in [0.15, 0.2) is 6.79 Å². The molecule has 1 aromatic carbocycles. The molecule has 0 aliphatic heterocycles. The molecule has 0 atom stereocenters. The Morgan fingerprint density at radius 3 is 2.65 bits per heavy atom. The first-order chi connectivity index (χ1) is 9.67. The van der Waals surface area contributed by atoms with E-state index >= 15 is 0 Å². The molecule has 1 aromatic rings. The molecule has 4 nitrogen and oxygen atoms in total. The molecule has 0 heterocycles. The fraction of sp³-hybridized carbons (Fsp3) is 0.625. The Morgan fingerprint density at radius 1 is 1.20 bits per heavy atom. The Hall–Kier alpha value is -1.26. The van der Waals surface area contributed by atoms with E-state index in [0.29, 0.717) is 12.5 Å². The third kappa shape index (κ3) is 6.26. The Labute approximate surface area is 122 Å². The van der Waals surface area contributed by atoms with E-state index in [1.54, 1.807) is 7.11 Å². The number of ether oxygens (including phenoxy) is 3. The lowest BCUT2D eigenvalue weighted by Crippen LogP contribution is -2.19. The van der Waals surface area contributed by atoms with Gasteiger partial charge in [-0.1, -0.05) is 26.8 Å². The van der Waals surface area contributed by atoms with Crippen LogP contribution >= 0.6 is 0 Å². The zero-order valence-corrected chi connectivity index (χ0v) is 13.1. The van der Waals surface area contributed by atoms with Crippen molar-refractivity contribution in [3.8, 4) is 11.5 Å². The highest BCUT2D eigenvalue weighted by atomic mass is 16.7. The van der Waals surface area contributed by atoms with Gasteiger partial charge in [0.1, 0.15) is 11.5 Å². The predicted molar refractivity (Wildman–Crippen MR) is 81.3 cm³/mol. The zero-order valence-electron chi connectivity index (χ0n) is 13.1. The second-order valence-electron chi connectivity index (χ2n) is 5.19. The van der Waals surface area contributed by atoms with Gasteiger partial charge in [-0.15, -0.1) is 0 Å². The highest BCUT2D eigenvalue weighted by Crippen LogP contribution is 2.25. The van der Waals surface area contributed by atoms with Crippen LogP contribution in [0.15, 0.2) is 18.2 Å². The number of methoxy groups -OCH3 is 1. The van der Waals surface area contributed by atoms with Crippen molar-refractivity contribution in [1.82, 2.24) is 5.32 Å². The van der Waals surface area contributed by atoms with Crippen molar-refractivity contribution in [2.45, 2.75) is 33.7 Å². The predicted octanol–water partition coefficient (Wildman–Crippen LogP) is 3.20. The standard InChI is InChI=1S/C16H27NO3/c1-5-8-19-15-7-6-14(11-17-10-13(2)3)16(9-15)20-12-18-4/h6-7,9,13,17H,5,8,10-12H2,1-4H3. The van der Waals surface area contributed by atoms with Crippen LogP contribution in [-0.4, -0.2) is 27.1 Å². The van der Waals surface area contributed by atoms with Gasteiger partial charge in [-0.05, 0) is 24.9 Å². The van der Waals surface area contributed by atoms with Crippen molar-refractivity contribution in [3.05, 3.63) is 23.8 Å². The van der Waals surface area contributed by atoms with Crippen LogP contribution < -0.4 is 14.8 Å². The summed E-state index contributed by atoms with van der Waals surface area (Å²) in [6.07, 6.45) is 0.992. The minimum absolute atomic E-state index is 0.244. The zero-order chi connectivity index (χ0) is 14.8. The van der Waals surface area contributed by atoms with Gasteiger partial charge in [0.2, 0.25) is 0 Å². The molecule has 0 aliphatic carbocycles. The van der Waals surface area contributed by atoms with Crippen LogP contribution in [0.5, 0.6) is 11.5 Å². The molecule has 0 saturated carbocycles. The molecule has 0 fully saturated rings. The van der Waals surface area contributed by atoms with E-state index in [1.165, 1.54) is 0 Å². The fourth-order valence-electron chi connectivity index (χ4n) is 1.74. The molecule has 4 heteroatoms. The third-order valence-corrected chi connectivity index (χ3v) is 2.71. The maximum absolute atomic E-state index is 5.63. The van der Waals surface area contributed by atoms with Gasteiger partial charge in [-0.25, -0.2) is 0 Å². The molecule has 114 valence electrons. The normalized spacial score (nSPS) is 10.8. The molecule has 0 unspecified atom stereocenters. The monoisotopic (exact) mass is 281 g/mol. The van der Waals surface area contributed by atoms with Gasteiger partial charge in [-0.3, -0.25) is 0 Å². The van der Waals surface area contributed by atoms with Crippen LogP contribution in [-0.2, 0) is 11.3 Å². The van der Waals surface area contributed by atoms with Crippen molar-refractivity contribution in [1.29, 1.82) is 0 Å². The summed E-state index contributed by atoms with van der Waals surface area (Å²) < 4.78 is 16.2. The summed E-state index contributed by atoms with van der Waals surface area (Å²) in [5.41, 5.74) is 1.12. The lowest BCUT2D eigenvalue weighted by Gasteiger charge is -2.14. The van der Waals surface area contributed by atoms with E-state index in [0.717, 1.165) is 36.6 Å². The number of hydrogen-bond acceptors (Lipinski definition) is 4. The summed E-state index contributed by atoms with van der Waals surface area (Å²) in [4.78, 5) is 0. The molecular formula is C16H27NO3. The van der Waals surface area contributed by atoms with Crippen molar-refractivity contribution < 1.29 is 14.2 Å². The van der Waals surface area contributed by atoms with E-state index in [2.05, 4.69) is 26.1 Å². The molecule has 20 heavy (non-hydrogen) atoms. The highest BCUT2D eigenvalue weighted by molar-refractivity contribution is 5.40. The largest absolute Gasteiger partial charge is 0.493 e. The molecule has 1 N–H and O–H groups in total. The SMILES string of the molecule is CCCOc1ccc(CNCC(C)C)c(OCOC)c1. The first kappa shape index (κ1) is 16.8. The molecule has 0 saturated heterocycles. The Kier molecular flexibility index (Phi) is 8.07. The number of hydrogen-bond donors (Lipinski definition) is 1. The number of nitrogens with one attached hydrogen (secondary N) is 1. The van der Waals surface area contributed by atoms with Gasteiger partial charge >= 0.3 is 0 Å². The van der Waals surface area contributed by atoms with Crippen molar-refractivity contribution in [3.63, 3.8) is 0 Å². The van der Waals surface area contributed by atoms with E-state index < -0.39 is 0 Å². The Bertz CT molecular complexity index is 380. The quantitative estimate of drug-likeness (QED) is 0.669. The summed E-state index contributed by atoms with van der Waals surface area (Å²) in [6.45, 7) is 9.20. The second-order valence-corrected chi connectivity index (χ2v) is 5.19. The number of benzene rings is 1. The van der Waals surface area contributed by atoms with Gasteiger partial charge < -0.3 is 19.5 Å². The molecule has 0 bridgehead atoms. The Balaban J connectivity index is 2.69. The summed E-state index contributed by atoms with van der Waals surface area (Å²) in [5, 5.41) is 3.42. The average molecular weight is 281 g/mol. The van der Waals surface area contributed by atoms with Crippen molar-refractivity contribution in [2.75, 3.05) is 27.1 Å². The molecule has 0 amide bonds. The minimum atomic E-state index is 0.244. The lowest BCUT2D eigenvalue weighted by molar-refractivity contribution is 0.0501. The molecular weight excluding hydrogens is 254 g/mol. The van der Waals surface area contributed by atoms with E-state index in [9.17, 15) is 0 Å². The lowest BCUT2D eigenvalue weighted by atomic mass is 10.1. The van der Waals surface area contributed by atoms with E-state index in [1.807, 2.05) is 18.2 Å². The number of rotatable bonds is 10. The molecule has 0 aliphatic rings. The topological polar surface area (TPSA) is 39.7 Å².